The van der Waals surface area contributed by atoms with Gasteiger partial charge in [-0.15, -0.1) is 56.7 Å². The number of rotatable bonds is 13. The van der Waals surface area contributed by atoms with Gasteiger partial charge in [-0.25, -0.2) is 29.0 Å². The fraction of sp³-hybridized carbons (Fsp3) is 0.400. The smallest absolute Gasteiger partial charge is 0.241 e. The third-order valence-corrected chi connectivity index (χ3v) is 24.2. The molecule has 0 atom stereocenters. The Bertz CT molecular complexity index is 4240. The van der Waals surface area contributed by atoms with Crippen LogP contribution in [0.3, 0.4) is 0 Å². The van der Waals surface area contributed by atoms with Gasteiger partial charge in [-0.2, -0.15) is 20.1 Å². The molecule has 3 aromatic carbocycles. The summed E-state index contributed by atoms with van der Waals surface area (Å²) in [6.45, 7) is 71.4. The number of aromatic nitrogens is 6. The van der Waals surface area contributed by atoms with Gasteiger partial charge in [0.05, 0.1) is 34.4 Å². The summed E-state index contributed by atoms with van der Waals surface area (Å²) in [6, 6.07) is 58.9. The van der Waals surface area contributed by atoms with Gasteiger partial charge in [0.1, 0.15) is 11.6 Å². The third kappa shape index (κ3) is 50.1. The Balaban J connectivity index is 0.000000640. The molecule has 0 N–H and O–H groups in total. The Morgan fingerprint density at radius 3 is 1.17 bits per heavy atom. The summed E-state index contributed by atoms with van der Waals surface area (Å²) in [6.07, 6.45) is 9.07. The molecule has 0 saturated carbocycles. The molecule has 13 aromatic rings. The Morgan fingerprint density at radius 2 is 0.864 bits per heavy atom. The number of pyridine rings is 2. The van der Waals surface area contributed by atoms with E-state index in [1.54, 1.807) is 64.7 Å². The van der Waals surface area contributed by atoms with Gasteiger partial charge in [0.15, 0.2) is 10.8 Å². The minimum atomic E-state index is -0.147. The van der Waals surface area contributed by atoms with E-state index in [9.17, 15) is 8.78 Å². The highest BCUT2D eigenvalue weighted by molar-refractivity contribution is 7.16. The van der Waals surface area contributed by atoms with Crippen molar-refractivity contribution in [1.82, 2.24) is 29.3 Å². The maximum absolute atomic E-state index is 12.5. The predicted molar refractivity (Wildman–Crippen MR) is 521 cm³/mol. The largest absolute Gasteiger partial charge is 0.264 e. The van der Waals surface area contributed by atoms with Gasteiger partial charge in [0, 0.05) is 77.7 Å². The first-order chi connectivity index (χ1) is 55.9. The summed E-state index contributed by atoms with van der Waals surface area (Å²) in [5, 5.41) is 6.93. The van der Waals surface area contributed by atoms with Crippen LogP contribution in [0.25, 0.3) is 9.69 Å². The lowest BCUT2D eigenvalue weighted by Crippen LogP contribution is -1.93. The van der Waals surface area contributed by atoms with Crippen LogP contribution in [0.2, 0.25) is 4.34 Å². The molecule has 0 spiro atoms. The summed E-state index contributed by atoms with van der Waals surface area (Å²) in [4.78, 5) is 35.3. The lowest BCUT2D eigenvalue weighted by molar-refractivity contribution is 0.623. The van der Waals surface area contributed by atoms with Crippen LogP contribution in [-0.2, 0) is 0 Å². The van der Waals surface area contributed by atoms with Crippen molar-refractivity contribution in [2.45, 2.75) is 264 Å². The fourth-order valence-corrected chi connectivity index (χ4v) is 14.7. The molecule has 13 rings (SSSR count). The maximum atomic E-state index is 12.5. The topological polar surface area (TPSA) is 86.1 Å². The van der Waals surface area contributed by atoms with Gasteiger partial charge >= 0.3 is 0 Å². The predicted octanol–water partition coefficient (Wildman–Crippen LogP) is 35.7. The number of thiazole rings is 1. The van der Waals surface area contributed by atoms with Crippen molar-refractivity contribution < 1.29 is 8.78 Å². The fourth-order valence-electron chi connectivity index (χ4n) is 9.10. The highest BCUT2D eigenvalue weighted by Gasteiger charge is 2.07. The van der Waals surface area contributed by atoms with Gasteiger partial charge in [-0.05, 0) is 207 Å². The van der Waals surface area contributed by atoms with Crippen molar-refractivity contribution >= 4 is 102 Å². The van der Waals surface area contributed by atoms with Crippen molar-refractivity contribution in [2.24, 2.45) is 0 Å². The summed E-state index contributed by atoms with van der Waals surface area (Å²) in [7, 11) is 0. The van der Waals surface area contributed by atoms with Crippen LogP contribution >= 0.6 is 91.2 Å². The molecule has 0 fully saturated rings. The van der Waals surface area contributed by atoms with Crippen molar-refractivity contribution in [2.75, 3.05) is 0 Å². The van der Waals surface area contributed by atoms with E-state index in [1.807, 2.05) is 131 Å². The quantitative estimate of drug-likeness (QED) is 0.107. The number of aryl methyl sites for hydroxylation is 1. The zero-order valence-electron chi connectivity index (χ0n) is 75.1. The minimum absolute atomic E-state index is 0.0845. The van der Waals surface area contributed by atoms with Crippen molar-refractivity contribution in [3.8, 4) is 0 Å². The molecular weight excluding hydrogens is 1610 g/mol. The van der Waals surface area contributed by atoms with Crippen molar-refractivity contribution in [3.63, 3.8) is 0 Å². The average molecular weight is 1750 g/mol. The van der Waals surface area contributed by atoms with Gasteiger partial charge < -0.3 is 0 Å². The van der Waals surface area contributed by atoms with Crippen LogP contribution in [-0.4, -0.2) is 29.3 Å². The van der Waals surface area contributed by atoms with Crippen LogP contribution in [0.4, 0.5) is 19.5 Å². The standard InChI is InChI=1S/C10H11N.C9H11F.C9H12.C8H9NS.2C8H11N.C8H12S.C7H9ClS.C7H9FS.C7H10N2.C7H10S.2C6H9NS/c1-8(2)9-5-4-6-10(7-9)11-3;1-7(2)8-4-3-5-9(10)6-8;1-8(2)9-6-4-3-5-7-9;1-6(2)7-4-5-8(9-3)10-7;1-7(2)8-4-3-5-9-6-8;1-7(2)8-5-3-4-6-9-8;1-6(2)8-5-4-7(3)9-8;2*1-5(2)6-3-4-7(8)9-6;1-6(2)7-8-4-3-5-9-7;1-6(2)7-4-3-5-8-7;1-5(2)6-3-8-4-7-6;1-5(2)6-3-4-8-7-6/h4-8H,1-2H3;3-7H,1-2H3;3-8H,1-2H3;4-6H,1-2H3;2*3-7H,1-2H3;4-6H,1-3H3;2*3-5H,1-2H3;3-6H,1-2H3;3-6H,1-2H3;2*3-5H,1-2H3. The van der Waals surface area contributed by atoms with Crippen molar-refractivity contribution in [1.29, 1.82) is 0 Å². The second-order valence-corrected chi connectivity index (χ2v) is 38.8. The maximum Gasteiger partial charge on any atom is 0.241 e. The first-order valence-corrected chi connectivity index (χ1v) is 46.9. The molecule has 118 heavy (non-hydrogen) atoms. The first kappa shape index (κ1) is 108. The minimum Gasteiger partial charge on any atom is -0.264 e. The van der Waals surface area contributed by atoms with Gasteiger partial charge in [-0.3, -0.25) is 9.97 Å². The Hall–Kier alpha value is -8.07. The van der Waals surface area contributed by atoms with Gasteiger partial charge in [0.2, 0.25) is 5.00 Å². The van der Waals surface area contributed by atoms with E-state index >= 15 is 0 Å². The second-order valence-electron chi connectivity index (χ2n) is 31.2. The van der Waals surface area contributed by atoms with Gasteiger partial charge in [-0.1, -0.05) is 288 Å². The van der Waals surface area contributed by atoms with Gasteiger partial charge in [0.25, 0.3) is 0 Å². The number of nitrogens with zero attached hydrogens (tertiary/aromatic N) is 8. The van der Waals surface area contributed by atoms with E-state index in [-0.39, 0.29) is 10.9 Å². The summed E-state index contributed by atoms with van der Waals surface area (Å²) >= 11 is 17.1. The zero-order chi connectivity index (χ0) is 88.7. The SMILES string of the molecule is CC(C)c1ccc(Cl)s1.CC(C)c1ccc(F)s1.CC(C)c1cccc(F)c1.CC(C)c1ccccc1.CC(C)c1ccccn1.CC(C)c1cccnc1.CC(C)c1cccs1.CC(C)c1ccsn1.CC(C)c1cscn1.CC(C)c1ncccn1.Cc1ccc(C(C)C)s1.[C-]#[N+]c1ccc(C(C)C)s1.[C-]#[N+]c1cccc(C(C)C)c1. The number of benzene rings is 3. The molecule has 0 radical (unpaired) electrons. The van der Waals surface area contributed by atoms with Crippen LogP contribution in [0.15, 0.2) is 235 Å². The normalized spacial score (nSPS) is 10.2. The molecule has 10 aromatic heterocycles. The molecule has 0 aliphatic rings. The molecule has 0 aliphatic carbocycles. The zero-order valence-corrected chi connectivity index (χ0v) is 81.6. The number of hydrogen-bond donors (Lipinski definition) is 0. The average Bonchev–Trinajstić information content (AvgIpc) is 1.74. The summed E-state index contributed by atoms with van der Waals surface area (Å²) in [5.41, 5.74) is 11.2. The molecule has 18 heteroatoms. The molecule has 0 bridgehead atoms. The Morgan fingerprint density at radius 1 is 0.356 bits per heavy atom. The van der Waals surface area contributed by atoms with Crippen LogP contribution in [0.1, 0.15) is 331 Å². The lowest BCUT2D eigenvalue weighted by atomic mass is 10.0. The van der Waals surface area contributed by atoms with E-state index in [0.717, 1.165) is 37.0 Å². The second kappa shape index (κ2) is 63.0. The lowest BCUT2D eigenvalue weighted by Gasteiger charge is -2.03. The molecule has 8 nitrogen and oxygen atoms in total. The van der Waals surface area contributed by atoms with E-state index in [1.165, 1.54) is 87.5 Å². The van der Waals surface area contributed by atoms with Crippen LogP contribution < -0.4 is 0 Å². The Kier molecular flexibility index (Phi) is 57.6. The monoisotopic (exact) mass is 1740 g/mol. The van der Waals surface area contributed by atoms with Crippen LogP contribution in [0.5, 0.6) is 0 Å². The molecule has 0 saturated heterocycles. The number of thiophene rings is 5. The molecule has 0 amide bonds. The first-order valence-electron chi connectivity index (χ1n) is 40.6. The highest BCUT2D eigenvalue weighted by Crippen LogP contribution is 2.31. The molecule has 10 heterocycles. The van der Waals surface area contributed by atoms with Crippen molar-refractivity contribution in [3.05, 3.63) is 347 Å². The number of halogens is 3. The molecule has 636 valence electrons. The van der Waals surface area contributed by atoms with Crippen LogP contribution in [0, 0.1) is 31.0 Å². The molecule has 0 unspecified atom stereocenters. The van der Waals surface area contributed by atoms with E-state index < -0.39 is 0 Å². The summed E-state index contributed by atoms with van der Waals surface area (Å²) < 4.78 is 29.9. The molecular formula is C100H133ClF2N8S7. The Labute approximate surface area is 744 Å². The highest BCUT2D eigenvalue weighted by atomic mass is 35.5. The van der Waals surface area contributed by atoms with E-state index in [0.29, 0.717) is 76.9 Å². The number of hydrogen-bond acceptors (Lipinski definition) is 13. The van der Waals surface area contributed by atoms with E-state index in [4.69, 9.17) is 24.7 Å². The molecule has 0 aliphatic heterocycles. The van der Waals surface area contributed by atoms with E-state index in [2.05, 4.69) is 309 Å². The summed E-state index contributed by atoms with van der Waals surface area (Å²) in [5.74, 6) is 8.13. The third-order valence-electron chi connectivity index (χ3n) is 16.5.